The number of aliphatic hydroxyl groups excluding tert-OH is 1. The third kappa shape index (κ3) is 1.18. The zero-order chi connectivity index (χ0) is 6.85. The molecule has 1 heterocycles. The number of carbonyl (C=O) groups excluding carboxylic acids is 1. The monoisotopic (exact) mass is 134 g/mol. The fraction of sp³-hybridized carbons (Fsp3) is 0.800. The fourth-order valence-electron chi connectivity index (χ4n) is 0.725. The van der Waals surface area contributed by atoms with Gasteiger partial charge in [-0.05, 0) is 0 Å². The number of carbonyl (C=O) groups is 1. The molecule has 4 heteroatoms. The average molecular weight is 134 g/mol. The summed E-state index contributed by atoms with van der Waals surface area (Å²) in [6.07, 6.45) is -2.15. The Morgan fingerprint density at radius 1 is 1.89 bits per heavy atom. The Labute approximate surface area is 51.4 Å². The SMILES string of the molecule is O=C1O[C@H](CO)C[C@H]1F. The van der Waals surface area contributed by atoms with Crippen molar-refractivity contribution in [3.8, 4) is 0 Å². The normalized spacial score (nSPS) is 34.7. The maximum absolute atomic E-state index is 12.2. The molecule has 1 fully saturated rings. The summed E-state index contributed by atoms with van der Waals surface area (Å²) in [7, 11) is 0. The number of aliphatic hydroxyl groups is 1. The predicted octanol–water partition coefficient (Wildman–Crippen LogP) is -0.368. The van der Waals surface area contributed by atoms with Gasteiger partial charge >= 0.3 is 5.97 Å². The Morgan fingerprint density at radius 2 is 2.56 bits per heavy atom. The largest absolute Gasteiger partial charge is 0.458 e. The van der Waals surface area contributed by atoms with E-state index in [2.05, 4.69) is 4.74 Å². The van der Waals surface area contributed by atoms with Crippen LogP contribution in [0.2, 0.25) is 0 Å². The van der Waals surface area contributed by atoms with Gasteiger partial charge in [-0.2, -0.15) is 0 Å². The Kier molecular flexibility index (Phi) is 1.66. The van der Waals surface area contributed by atoms with Gasteiger partial charge in [0.15, 0.2) is 0 Å². The molecule has 0 amide bonds. The summed E-state index contributed by atoms with van der Waals surface area (Å²) < 4.78 is 16.5. The van der Waals surface area contributed by atoms with E-state index in [-0.39, 0.29) is 13.0 Å². The molecular formula is C5H7FO3. The van der Waals surface area contributed by atoms with E-state index < -0.39 is 18.2 Å². The van der Waals surface area contributed by atoms with Gasteiger partial charge in [-0.3, -0.25) is 0 Å². The molecule has 9 heavy (non-hydrogen) atoms. The number of cyclic esters (lactones) is 1. The summed E-state index contributed by atoms with van der Waals surface area (Å²) in [5, 5.41) is 8.36. The minimum atomic E-state index is -1.53. The molecule has 0 radical (unpaired) electrons. The average Bonchev–Trinajstić information content (AvgIpc) is 2.13. The summed E-state index contributed by atoms with van der Waals surface area (Å²) in [5.41, 5.74) is 0. The molecule has 3 nitrogen and oxygen atoms in total. The molecule has 0 aromatic heterocycles. The zero-order valence-electron chi connectivity index (χ0n) is 4.71. The van der Waals surface area contributed by atoms with E-state index in [0.29, 0.717) is 0 Å². The highest BCUT2D eigenvalue weighted by Gasteiger charge is 2.33. The number of alkyl halides is 1. The van der Waals surface area contributed by atoms with E-state index in [1.165, 1.54) is 0 Å². The minimum Gasteiger partial charge on any atom is -0.458 e. The Balaban J connectivity index is 2.44. The molecule has 0 spiro atoms. The lowest BCUT2D eigenvalue weighted by molar-refractivity contribution is -0.146. The summed E-state index contributed by atoms with van der Waals surface area (Å²) in [6.45, 7) is -0.286. The lowest BCUT2D eigenvalue weighted by atomic mass is 10.2. The van der Waals surface area contributed by atoms with Crippen LogP contribution in [0.1, 0.15) is 6.42 Å². The maximum atomic E-state index is 12.2. The van der Waals surface area contributed by atoms with Crippen LogP contribution in [0, 0.1) is 0 Å². The number of esters is 1. The second-order valence-electron chi connectivity index (χ2n) is 1.94. The van der Waals surface area contributed by atoms with E-state index in [1.807, 2.05) is 0 Å². The van der Waals surface area contributed by atoms with Gasteiger partial charge in [0.05, 0.1) is 6.61 Å². The van der Waals surface area contributed by atoms with E-state index in [4.69, 9.17) is 5.11 Å². The fourth-order valence-corrected chi connectivity index (χ4v) is 0.725. The second kappa shape index (κ2) is 2.31. The van der Waals surface area contributed by atoms with Gasteiger partial charge in [-0.25, -0.2) is 9.18 Å². The summed E-state index contributed by atoms with van der Waals surface area (Å²) in [6, 6.07) is 0. The van der Waals surface area contributed by atoms with Crippen LogP contribution in [0.15, 0.2) is 0 Å². The van der Waals surface area contributed by atoms with Crippen molar-refractivity contribution in [2.24, 2.45) is 0 Å². The molecule has 0 bridgehead atoms. The quantitative estimate of drug-likeness (QED) is 0.498. The standard InChI is InChI=1S/C5H7FO3/c6-4-1-3(2-7)9-5(4)8/h3-4,7H,1-2H2/t3-,4+/m0/s1. The van der Waals surface area contributed by atoms with E-state index in [9.17, 15) is 9.18 Å². The second-order valence-corrected chi connectivity index (χ2v) is 1.94. The van der Waals surface area contributed by atoms with Gasteiger partial charge in [0, 0.05) is 6.42 Å². The van der Waals surface area contributed by atoms with Crippen molar-refractivity contribution in [3.05, 3.63) is 0 Å². The van der Waals surface area contributed by atoms with Crippen LogP contribution in [-0.2, 0) is 9.53 Å². The molecule has 52 valence electrons. The van der Waals surface area contributed by atoms with Crippen molar-refractivity contribution in [1.29, 1.82) is 0 Å². The van der Waals surface area contributed by atoms with Crippen molar-refractivity contribution in [1.82, 2.24) is 0 Å². The molecule has 1 N–H and O–H groups in total. The Hall–Kier alpha value is -0.640. The molecule has 1 rings (SSSR count). The predicted molar refractivity (Wildman–Crippen MR) is 26.5 cm³/mol. The highest BCUT2D eigenvalue weighted by atomic mass is 19.1. The number of hydrogen-bond acceptors (Lipinski definition) is 3. The molecule has 0 aromatic rings. The summed E-state index contributed by atoms with van der Waals surface area (Å²) in [4.78, 5) is 10.2. The van der Waals surface area contributed by atoms with Crippen molar-refractivity contribution in [3.63, 3.8) is 0 Å². The summed E-state index contributed by atoms with van der Waals surface area (Å²) in [5.74, 6) is -0.853. The molecule has 0 saturated carbocycles. The van der Waals surface area contributed by atoms with E-state index >= 15 is 0 Å². The minimum absolute atomic E-state index is 0.00463. The number of rotatable bonds is 1. The van der Waals surface area contributed by atoms with Crippen LogP contribution in [-0.4, -0.2) is 30.0 Å². The molecule has 0 aliphatic carbocycles. The Bertz CT molecular complexity index is 125. The van der Waals surface area contributed by atoms with Gasteiger partial charge in [-0.15, -0.1) is 0 Å². The van der Waals surface area contributed by atoms with Gasteiger partial charge in [-0.1, -0.05) is 0 Å². The van der Waals surface area contributed by atoms with Crippen LogP contribution >= 0.6 is 0 Å². The van der Waals surface area contributed by atoms with Gasteiger partial charge in [0.1, 0.15) is 6.10 Å². The van der Waals surface area contributed by atoms with Crippen LogP contribution < -0.4 is 0 Å². The van der Waals surface area contributed by atoms with Crippen LogP contribution in [0.4, 0.5) is 4.39 Å². The third-order valence-electron chi connectivity index (χ3n) is 1.21. The highest BCUT2D eigenvalue weighted by Crippen LogP contribution is 2.16. The molecule has 2 atom stereocenters. The third-order valence-corrected chi connectivity index (χ3v) is 1.21. The topological polar surface area (TPSA) is 46.5 Å². The van der Waals surface area contributed by atoms with Crippen LogP contribution in [0.5, 0.6) is 0 Å². The van der Waals surface area contributed by atoms with E-state index in [1.54, 1.807) is 0 Å². The van der Waals surface area contributed by atoms with Crippen LogP contribution in [0.3, 0.4) is 0 Å². The van der Waals surface area contributed by atoms with Crippen molar-refractivity contribution < 1.29 is 19.0 Å². The van der Waals surface area contributed by atoms with Crippen molar-refractivity contribution >= 4 is 5.97 Å². The van der Waals surface area contributed by atoms with E-state index in [0.717, 1.165) is 0 Å². The molecular weight excluding hydrogens is 127 g/mol. The van der Waals surface area contributed by atoms with Crippen LogP contribution in [0.25, 0.3) is 0 Å². The van der Waals surface area contributed by atoms with Gasteiger partial charge < -0.3 is 9.84 Å². The maximum Gasteiger partial charge on any atom is 0.341 e. The first kappa shape index (κ1) is 6.48. The molecule has 0 aromatic carbocycles. The first-order valence-electron chi connectivity index (χ1n) is 2.69. The smallest absolute Gasteiger partial charge is 0.341 e. The van der Waals surface area contributed by atoms with Gasteiger partial charge in [0.25, 0.3) is 0 Å². The molecule has 1 aliphatic heterocycles. The zero-order valence-corrected chi connectivity index (χ0v) is 4.71. The van der Waals surface area contributed by atoms with Crippen molar-refractivity contribution in [2.75, 3.05) is 6.61 Å². The number of halogens is 1. The van der Waals surface area contributed by atoms with Crippen molar-refractivity contribution in [2.45, 2.75) is 18.7 Å². The number of ether oxygens (including phenoxy) is 1. The Morgan fingerprint density at radius 3 is 2.78 bits per heavy atom. The lowest BCUT2D eigenvalue weighted by Crippen LogP contribution is -2.10. The summed E-state index contributed by atoms with van der Waals surface area (Å²) >= 11 is 0. The molecule has 1 saturated heterocycles. The first-order valence-corrected chi connectivity index (χ1v) is 2.69. The molecule has 1 aliphatic rings. The molecule has 0 unspecified atom stereocenters. The highest BCUT2D eigenvalue weighted by molar-refractivity contribution is 5.76. The number of hydrogen-bond donors (Lipinski definition) is 1. The first-order chi connectivity index (χ1) is 4.24. The van der Waals surface area contributed by atoms with Gasteiger partial charge in [0.2, 0.25) is 6.17 Å². The lowest BCUT2D eigenvalue weighted by Gasteiger charge is -2.00.